The first-order chi connectivity index (χ1) is 10.7. The van der Waals surface area contributed by atoms with E-state index < -0.39 is 0 Å². The highest BCUT2D eigenvalue weighted by Gasteiger charge is 2.55. The summed E-state index contributed by atoms with van der Waals surface area (Å²) in [6.45, 7) is 1.40. The highest BCUT2D eigenvalue weighted by atomic mass is 16.5. The number of fused-ring (bicyclic) bond motifs is 5. The molecule has 22 heavy (non-hydrogen) atoms. The van der Waals surface area contributed by atoms with Crippen molar-refractivity contribution in [1.82, 2.24) is 4.90 Å². The van der Waals surface area contributed by atoms with E-state index in [0.717, 1.165) is 24.5 Å². The van der Waals surface area contributed by atoms with Gasteiger partial charge in [0.1, 0.15) is 0 Å². The second kappa shape index (κ2) is 5.64. The highest BCUT2D eigenvalue weighted by Crippen LogP contribution is 2.57. The van der Waals surface area contributed by atoms with Gasteiger partial charge in [-0.1, -0.05) is 6.08 Å². The lowest BCUT2D eigenvalue weighted by Crippen LogP contribution is -2.42. The zero-order valence-electron chi connectivity index (χ0n) is 13.7. The molecule has 0 spiro atoms. The molecule has 4 rings (SSSR count). The van der Waals surface area contributed by atoms with Crippen molar-refractivity contribution >= 4 is 5.78 Å². The molecule has 122 valence electrons. The van der Waals surface area contributed by atoms with Crippen LogP contribution in [0.25, 0.3) is 0 Å². The third-order valence-electron chi connectivity index (χ3n) is 6.50. The van der Waals surface area contributed by atoms with E-state index in [4.69, 9.17) is 9.47 Å². The molecule has 0 N–H and O–H groups in total. The molecule has 1 aliphatic heterocycles. The molecule has 1 saturated heterocycles. The first kappa shape index (κ1) is 14.7. The number of allylic oxidation sites excluding steroid dienone is 2. The van der Waals surface area contributed by atoms with E-state index >= 15 is 0 Å². The van der Waals surface area contributed by atoms with Crippen LogP contribution >= 0.6 is 0 Å². The van der Waals surface area contributed by atoms with Crippen molar-refractivity contribution in [2.24, 2.45) is 23.7 Å². The summed E-state index contributed by atoms with van der Waals surface area (Å²) in [5.41, 5.74) is 0.994. The molecule has 2 bridgehead atoms. The number of ether oxygens (including phenoxy) is 2. The Kier molecular flexibility index (Phi) is 3.77. The van der Waals surface area contributed by atoms with Crippen LogP contribution in [0, 0.1) is 23.7 Å². The van der Waals surface area contributed by atoms with Crippen molar-refractivity contribution in [2.45, 2.75) is 44.2 Å². The lowest BCUT2D eigenvalue weighted by molar-refractivity contribution is -0.122. The topological polar surface area (TPSA) is 38.8 Å². The predicted molar refractivity (Wildman–Crippen MR) is 83.3 cm³/mol. The van der Waals surface area contributed by atoms with Gasteiger partial charge in [0, 0.05) is 20.1 Å². The molecule has 0 amide bonds. The van der Waals surface area contributed by atoms with E-state index in [1.54, 1.807) is 14.2 Å². The molecule has 4 aliphatic rings. The van der Waals surface area contributed by atoms with Gasteiger partial charge in [0.25, 0.3) is 0 Å². The van der Waals surface area contributed by atoms with Gasteiger partial charge >= 0.3 is 0 Å². The zero-order chi connectivity index (χ0) is 15.3. The smallest absolute Gasteiger partial charge is 0.182 e. The molecule has 2 unspecified atom stereocenters. The lowest BCUT2D eigenvalue weighted by atomic mass is 9.81. The standard InChI is InChI=1S/C18H27NO3/c1-21-9-13-5-6-14(10-22-2)19(13)16-8-15-11-3-4-12(7-11)17(15)18(16)20/h8,11-15,17H,3-7,9-10H2,1-2H3/t11-,12+,13+,14+,15?,17?/m0/s1. The third kappa shape index (κ3) is 2.07. The van der Waals surface area contributed by atoms with Crippen LogP contribution in [0.1, 0.15) is 32.1 Å². The Morgan fingerprint density at radius 3 is 2.27 bits per heavy atom. The van der Waals surface area contributed by atoms with Crippen LogP contribution in [0.4, 0.5) is 0 Å². The number of carbonyl (C=O) groups excluding carboxylic acids is 1. The number of nitrogens with zero attached hydrogens (tertiary/aromatic N) is 1. The van der Waals surface area contributed by atoms with Gasteiger partial charge in [0.15, 0.2) is 5.78 Å². The molecule has 0 aromatic carbocycles. The minimum atomic E-state index is 0.292. The van der Waals surface area contributed by atoms with Crippen molar-refractivity contribution in [3.63, 3.8) is 0 Å². The van der Waals surface area contributed by atoms with E-state index in [0.29, 0.717) is 48.8 Å². The fourth-order valence-corrected chi connectivity index (χ4v) is 5.68. The Labute approximate surface area is 132 Å². The van der Waals surface area contributed by atoms with Gasteiger partial charge in [-0.25, -0.2) is 0 Å². The van der Waals surface area contributed by atoms with Crippen LogP contribution in [0.2, 0.25) is 0 Å². The summed E-state index contributed by atoms with van der Waals surface area (Å²) in [5.74, 6) is 2.65. The van der Waals surface area contributed by atoms with Gasteiger partial charge in [-0.15, -0.1) is 0 Å². The lowest BCUT2D eigenvalue weighted by Gasteiger charge is -2.33. The molecular formula is C18H27NO3. The van der Waals surface area contributed by atoms with E-state index in [2.05, 4.69) is 11.0 Å². The second-order valence-corrected chi connectivity index (χ2v) is 7.56. The summed E-state index contributed by atoms with van der Waals surface area (Å²) in [5, 5.41) is 0. The Morgan fingerprint density at radius 2 is 1.68 bits per heavy atom. The van der Waals surface area contributed by atoms with Crippen molar-refractivity contribution in [2.75, 3.05) is 27.4 Å². The number of likely N-dealkylation sites (tertiary alicyclic amines) is 1. The summed E-state index contributed by atoms with van der Waals surface area (Å²) in [6.07, 6.45) is 8.39. The van der Waals surface area contributed by atoms with Gasteiger partial charge in [0.2, 0.25) is 0 Å². The molecule has 0 aromatic rings. The normalized spacial score (nSPS) is 43.1. The van der Waals surface area contributed by atoms with Gasteiger partial charge in [-0.3, -0.25) is 4.79 Å². The zero-order valence-corrected chi connectivity index (χ0v) is 13.7. The number of methoxy groups -OCH3 is 2. The fourth-order valence-electron chi connectivity index (χ4n) is 5.68. The molecule has 4 heteroatoms. The van der Waals surface area contributed by atoms with Gasteiger partial charge in [-0.05, 0) is 49.9 Å². The number of rotatable bonds is 5. The first-order valence-electron chi connectivity index (χ1n) is 8.76. The van der Waals surface area contributed by atoms with E-state index in [9.17, 15) is 4.79 Å². The third-order valence-corrected chi connectivity index (χ3v) is 6.50. The summed E-state index contributed by atoms with van der Waals surface area (Å²) < 4.78 is 10.8. The monoisotopic (exact) mass is 305 g/mol. The van der Waals surface area contributed by atoms with E-state index in [1.807, 2.05) is 0 Å². The van der Waals surface area contributed by atoms with E-state index in [-0.39, 0.29) is 0 Å². The molecule has 3 aliphatic carbocycles. The molecular weight excluding hydrogens is 278 g/mol. The Morgan fingerprint density at radius 1 is 1.05 bits per heavy atom. The van der Waals surface area contributed by atoms with Crippen LogP contribution in [0.5, 0.6) is 0 Å². The Hall–Kier alpha value is -0.870. The van der Waals surface area contributed by atoms with Crippen molar-refractivity contribution in [3.8, 4) is 0 Å². The maximum Gasteiger partial charge on any atom is 0.182 e. The molecule has 0 aromatic heterocycles. The van der Waals surface area contributed by atoms with Crippen LogP contribution in [-0.4, -0.2) is 50.2 Å². The van der Waals surface area contributed by atoms with Gasteiger partial charge in [-0.2, -0.15) is 0 Å². The van der Waals surface area contributed by atoms with Gasteiger partial charge in [0.05, 0.1) is 31.0 Å². The maximum absolute atomic E-state index is 13.1. The van der Waals surface area contributed by atoms with Crippen LogP contribution in [0.3, 0.4) is 0 Å². The predicted octanol–water partition coefficient (Wildman–Crippen LogP) is 2.24. The molecule has 4 nitrogen and oxygen atoms in total. The molecule has 1 heterocycles. The minimum absolute atomic E-state index is 0.292. The Bertz CT molecular complexity index is 475. The summed E-state index contributed by atoms with van der Waals surface area (Å²) in [6, 6.07) is 0.661. The largest absolute Gasteiger partial charge is 0.383 e. The number of carbonyl (C=O) groups is 1. The number of Topliss-reactive ketones (excluding diaryl/α,β-unsaturated/α-hetero) is 1. The fraction of sp³-hybridized carbons (Fsp3) is 0.833. The average molecular weight is 305 g/mol. The SMILES string of the molecule is COC[C@H]1CC[C@H](COC)N1C1=CC2C(C1=O)[C@@H]1CC[C@H]2C1. The first-order valence-corrected chi connectivity index (χ1v) is 8.76. The molecule has 6 atom stereocenters. The summed E-state index contributed by atoms with van der Waals surface area (Å²) in [7, 11) is 3.50. The van der Waals surface area contributed by atoms with E-state index in [1.165, 1.54) is 19.3 Å². The summed E-state index contributed by atoms with van der Waals surface area (Å²) >= 11 is 0. The minimum Gasteiger partial charge on any atom is -0.383 e. The van der Waals surface area contributed by atoms with Crippen LogP contribution in [0.15, 0.2) is 11.8 Å². The van der Waals surface area contributed by atoms with Crippen molar-refractivity contribution in [3.05, 3.63) is 11.8 Å². The number of hydrogen-bond acceptors (Lipinski definition) is 4. The average Bonchev–Trinajstić information content (AvgIpc) is 3.23. The van der Waals surface area contributed by atoms with Crippen molar-refractivity contribution < 1.29 is 14.3 Å². The molecule has 0 radical (unpaired) electrons. The molecule has 3 fully saturated rings. The van der Waals surface area contributed by atoms with Crippen molar-refractivity contribution in [1.29, 1.82) is 0 Å². The quantitative estimate of drug-likeness (QED) is 0.781. The van der Waals surface area contributed by atoms with Crippen LogP contribution < -0.4 is 0 Å². The number of ketones is 1. The molecule has 2 saturated carbocycles. The highest BCUT2D eigenvalue weighted by molar-refractivity contribution is 6.00. The second-order valence-electron chi connectivity index (χ2n) is 7.56. The summed E-state index contributed by atoms with van der Waals surface area (Å²) in [4.78, 5) is 15.4. The number of hydrogen-bond donors (Lipinski definition) is 0. The van der Waals surface area contributed by atoms with Crippen LogP contribution in [-0.2, 0) is 14.3 Å². The Balaban J connectivity index is 1.61. The van der Waals surface area contributed by atoms with Gasteiger partial charge < -0.3 is 14.4 Å². The maximum atomic E-state index is 13.1.